The zero-order chi connectivity index (χ0) is 23.7. The molecule has 0 saturated heterocycles. The Labute approximate surface area is 193 Å². The third kappa shape index (κ3) is 4.51. The minimum atomic E-state index is -0.930. The lowest BCUT2D eigenvalue weighted by atomic mass is 9.96. The zero-order valence-corrected chi connectivity index (χ0v) is 18.2. The molecule has 8 heteroatoms. The maximum atomic E-state index is 14.4. The number of nitrogens with one attached hydrogen (secondary N) is 2. The molecule has 2 atom stereocenters. The lowest BCUT2D eigenvalue weighted by Gasteiger charge is -2.26. The average Bonchev–Trinajstić information content (AvgIpc) is 2.82. The second-order valence-electron chi connectivity index (χ2n) is 7.65. The third-order valence-electron chi connectivity index (χ3n) is 5.44. The summed E-state index contributed by atoms with van der Waals surface area (Å²) in [5.41, 5.74) is 0.322. The van der Waals surface area contributed by atoms with Crippen molar-refractivity contribution >= 4 is 23.0 Å². The van der Waals surface area contributed by atoms with Crippen LogP contribution in [0.15, 0.2) is 76.3 Å². The van der Waals surface area contributed by atoms with Gasteiger partial charge in [-0.2, -0.15) is 0 Å². The molecule has 4 aromatic carbocycles. The van der Waals surface area contributed by atoms with Crippen molar-refractivity contribution in [2.75, 3.05) is 5.32 Å². The molecule has 33 heavy (non-hydrogen) atoms. The van der Waals surface area contributed by atoms with Gasteiger partial charge in [0, 0.05) is 22.3 Å². The molecule has 1 unspecified atom stereocenters. The molecule has 0 aromatic heterocycles. The number of hydrogen-bond donors (Lipinski definition) is 3. The molecule has 0 amide bonds. The number of hydrogen-bond acceptors (Lipinski definition) is 5. The van der Waals surface area contributed by atoms with Crippen LogP contribution in [0.4, 0.5) is 20.2 Å². The quantitative estimate of drug-likeness (QED) is 0.329. The fraction of sp³-hybridized carbons (Fsp3) is 0.120. The molecule has 4 aromatic rings. The van der Waals surface area contributed by atoms with Crippen molar-refractivity contribution < 1.29 is 13.9 Å². The van der Waals surface area contributed by atoms with Gasteiger partial charge < -0.3 is 10.4 Å². The van der Waals surface area contributed by atoms with Crippen LogP contribution < -0.4 is 21.5 Å². The zero-order valence-electron chi connectivity index (χ0n) is 17.4. The van der Waals surface area contributed by atoms with Crippen LogP contribution in [-0.4, -0.2) is 5.11 Å². The van der Waals surface area contributed by atoms with Crippen LogP contribution in [0.2, 0.25) is 5.02 Å². The molecular weight excluding hydrogens is 450 g/mol. The molecule has 0 aliphatic carbocycles. The van der Waals surface area contributed by atoms with E-state index >= 15 is 0 Å². The van der Waals surface area contributed by atoms with E-state index in [4.69, 9.17) is 11.6 Å². The Morgan fingerprint density at radius 3 is 2.30 bits per heavy atom. The van der Waals surface area contributed by atoms with Gasteiger partial charge in [0.2, 0.25) is 0 Å². The minimum absolute atomic E-state index is 0.164. The van der Waals surface area contributed by atoms with Crippen molar-refractivity contribution in [1.82, 2.24) is 5.32 Å². The Morgan fingerprint density at radius 1 is 0.909 bits per heavy atom. The highest BCUT2D eigenvalue weighted by atomic mass is 35.5. The summed E-state index contributed by atoms with van der Waals surface area (Å²) >= 11 is 6.04. The predicted molar refractivity (Wildman–Crippen MR) is 124 cm³/mol. The molecule has 5 nitrogen and oxygen atoms in total. The SMILES string of the molecule is C[C@@H](NC(c1ccc(Cl)cc1)c1cccc(Nc2c(O)c(=O)c2=O)c1)c1cccc(F)c1F. The van der Waals surface area contributed by atoms with Crippen LogP contribution in [-0.2, 0) is 0 Å². The van der Waals surface area contributed by atoms with E-state index in [0.29, 0.717) is 10.7 Å². The standard InChI is InChI=1S/C25H19ClF2N2O3/c1-13(18-6-3-7-19(27)20(18)28)29-21(14-8-10-16(26)11-9-14)15-4-2-5-17(12-15)30-22-23(31)25(33)24(22)32/h2-13,21,29-31H,1H3/t13-,21?/m1/s1. The first-order valence-corrected chi connectivity index (χ1v) is 10.5. The van der Waals surface area contributed by atoms with Crippen LogP contribution in [0, 0.1) is 11.6 Å². The molecule has 0 aliphatic rings. The summed E-state index contributed by atoms with van der Waals surface area (Å²) in [5.74, 6) is -2.45. The van der Waals surface area contributed by atoms with Crippen LogP contribution >= 0.6 is 11.6 Å². The molecule has 0 heterocycles. The third-order valence-corrected chi connectivity index (χ3v) is 5.69. The normalized spacial score (nSPS) is 13.1. The molecular formula is C25H19ClF2N2O3. The van der Waals surface area contributed by atoms with Gasteiger partial charge in [-0.25, -0.2) is 8.78 Å². The monoisotopic (exact) mass is 468 g/mol. The fourth-order valence-corrected chi connectivity index (χ4v) is 3.80. The van der Waals surface area contributed by atoms with Crippen LogP contribution in [0.3, 0.4) is 0 Å². The van der Waals surface area contributed by atoms with Crippen LogP contribution in [0.1, 0.15) is 35.7 Å². The maximum absolute atomic E-state index is 14.4. The van der Waals surface area contributed by atoms with E-state index in [-0.39, 0.29) is 11.3 Å². The second-order valence-corrected chi connectivity index (χ2v) is 8.08. The van der Waals surface area contributed by atoms with Gasteiger partial charge in [-0.15, -0.1) is 0 Å². The van der Waals surface area contributed by atoms with E-state index in [1.54, 1.807) is 37.3 Å². The van der Waals surface area contributed by atoms with E-state index < -0.39 is 40.3 Å². The first-order chi connectivity index (χ1) is 15.8. The van der Waals surface area contributed by atoms with E-state index in [0.717, 1.165) is 17.2 Å². The van der Waals surface area contributed by atoms with Crippen molar-refractivity contribution in [3.8, 4) is 5.75 Å². The number of anilines is 2. The molecule has 168 valence electrons. The van der Waals surface area contributed by atoms with Gasteiger partial charge in [0.1, 0.15) is 5.69 Å². The van der Waals surface area contributed by atoms with E-state index in [2.05, 4.69) is 10.6 Å². The summed E-state index contributed by atoms with van der Waals surface area (Å²) in [7, 11) is 0. The van der Waals surface area contributed by atoms with Crippen LogP contribution in [0.25, 0.3) is 0 Å². The molecule has 0 saturated carbocycles. The Bertz CT molecular complexity index is 1380. The van der Waals surface area contributed by atoms with Gasteiger partial charge in [-0.3, -0.25) is 14.9 Å². The Morgan fingerprint density at radius 2 is 1.61 bits per heavy atom. The summed E-state index contributed by atoms with van der Waals surface area (Å²) in [4.78, 5) is 23.0. The first kappa shape index (κ1) is 22.6. The summed E-state index contributed by atoms with van der Waals surface area (Å²) in [5, 5.41) is 16.3. The van der Waals surface area contributed by atoms with Gasteiger partial charge in [0.15, 0.2) is 17.4 Å². The largest absolute Gasteiger partial charge is 0.502 e. The minimum Gasteiger partial charge on any atom is -0.502 e. The molecule has 4 rings (SSSR count). The lowest BCUT2D eigenvalue weighted by molar-refractivity contribution is 0.458. The molecule has 0 radical (unpaired) electrons. The molecule has 3 N–H and O–H groups in total. The lowest BCUT2D eigenvalue weighted by Crippen LogP contribution is -2.32. The highest BCUT2D eigenvalue weighted by molar-refractivity contribution is 6.30. The Hall–Kier alpha value is -3.55. The molecule has 0 fully saturated rings. The smallest absolute Gasteiger partial charge is 0.271 e. The van der Waals surface area contributed by atoms with Crippen molar-refractivity contribution in [2.45, 2.75) is 19.0 Å². The number of benzene rings is 3. The second kappa shape index (κ2) is 9.13. The van der Waals surface area contributed by atoms with Gasteiger partial charge in [-0.1, -0.05) is 48.0 Å². The van der Waals surface area contributed by atoms with E-state index in [1.165, 1.54) is 12.1 Å². The topological polar surface area (TPSA) is 78.4 Å². The summed E-state index contributed by atoms with van der Waals surface area (Å²) in [6, 6.07) is 17.1. The fourth-order valence-electron chi connectivity index (χ4n) is 3.67. The molecule has 0 bridgehead atoms. The summed E-state index contributed by atoms with van der Waals surface area (Å²) in [6.45, 7) is 1.73. The highest BCUT2D eigenvalue weighted by Crippen LogP contribution is 2.31. The van der Waals surface area contributed by atoms with Crippen molar-refractivity contribution in [3.63, 3.8) is 0 Å². The van der Waals surface area contributed by atoms with Gasteiger partial charge in [0.25, 0.3) is 10.9 Å². The Kier molecular flexibility index (Phi) is 6.26. The van der Waals surface area contributed by atoms with Crippen molar-refractivity contribution in [3.05, 3.63) is 121 Å². The predicted octanol–water partition coefficient (Wildman–Crippen LogP) is 5.10. The first-order valence-electron chi connectivity index (χ1n) is 10.1. The van der Waals surface area contributed by atoms with E-state index in [1.807, 2.05) is 18.2 Å². The van der Waals surface area contributed by atoms with Gasteiger partial charge >= 0.3 is 0 Å². The average molecular weight is 469 g/mol. The van der Waals surface area contributed by atoms with Crippen molar-refractivity contribution in [2.24, 2.45) is 0 Å². The summed E-state index contributed by atoms with van der Waals surface area (Å²) in [6.07, 6.45) is 0. The Balaban J connectivity index is 1.69. The van der Waals surface area contributed by atoms with Gasteiger partial charge in [-0.05, 0) is 48.4 Å². The van der Waals surface area contributed by atoms with Crippen LogP contribution in [0.5, 0.6) is 5.75 Å². The number of halogens is 3. The number of aromatic hydroxyl groups is 1. The highest BCUT2D eigenvalue weighted by Gasteiger charge is 2.23. The van der Waals surface area contributed by atoms with E-state index in [9.17, 15) is 23.5 Å². The van der Waals surface area contributed by atoms with Gasteiger partial charge in [0.05, 0.1) is 6.04 Å². The number of rotatable bonds is 7. The molecule has 0 spiro atoms. The van der Waals surface area contributed by atoms with Crippen molar-refractivity contribution in [1.29, 1.82) is 0 Å². The maximum Gasteiger partial charge on any atom is 0.271 e. The summed E-state index contributed by atoms with van der Waals surface area (Å²) < 4.78 is 28.2. The molecule has 0 aliphatic heterocycles.